The molecule has 1 amide bonds. The summed E-state index contributed by atoms with van der Waals surface area (Å²) in [4.78, 5) is 14.3. The standard InChI is InChI=1S/C18H26N2O4S/c1-13-11-16(13)17-8-6-15(24-17)7-9-18(21)20-10-4-3-5-14(20)12-19-25(2,22)23/h6-9,13-14,16,19H,3-5,10-12H2,1-2H3/b9-7+. The first-order chi connectivity index (χ1) is 11.8. The van der Waals surface area contributed by atoms with Crippen molar-refractivity contribution in [2.75, 3.05) is 19.3 Å². The minimum absolute atomic E-state index is 0.0971. The molecule has 25 heavy (non-hydrogen) atoms. The first-order valence-corrected chi connectivity index (χ1v) is 10.8. The van der Waals surface area contributed by atoms with Crippen LogP contribution in [-0.4, -0.2) is 44.6 Å². The second-order valence-corrected chi connectivity index (χ2v) is 9.03. The van der Waals surface area contributed by atoms with Gasteiger partial charge in [-0.1, -0.05) is 6.92 Å². The maximum Gasteiger partial charge on any atom is 0.246 e. The van der Waals surface area contributed by atoms with Crippen molar-refractivity contribution >= 4 is 22.0 Å². The van der Waals surface area contributed by atoms with Gasteiger partial charge in [-0.25, -0.2) is 13.1 Å². The number of piperidine rings is 1. The smallest absolute Gasteiger partial charge is 0.246 e. The van der Waals surface area contributed by atoms with E-state index in [2.05, 4.69) is 11.6 Å². The maximum absolute atomic E-state index is 12.5. The summed E-state index contributed by atoms with van der Waals surface area (Å²) in [6.07, 6.45) is 8.29. The number of carbonyl (C=O) groups excluding carboxylic acids is 1. The van der Waals surface area contributed by atoms with Gasteiger partial charge in [0.15, 0.2) is 0 Å². The fourth-order valence-electron chi connectivity index (χ4n) is 3.38. The van der Waals surface area contributed by atoms with Gasteiger partial charge >= 0.3 is 0 Å². The molecule has 3 rings (SSSR count). The third-order valence-electron chi connectivity index (χ3n) is 5.00. The average molecular weight is 366 g/mol. The van der Waals surface area contributed by atoms with Crippen molar-refractivity contribution in [1.82, 2.24) is 9.62 Å². The van der Waals surface area contributed by atoms with E-state index in [1.165, 1.54) is 12.5 Å². The largest absolute Gasteiger partial charge is 0.461 e. The van der Waals surface area contributed by atoms with Crippen molar-refractivity contribution in [2.45, 2.75) is 44.6 Å². The normalized spacial score (nSPS) is 27.0. The zero-order valence-corrected chi connectivity index (χ0v) is 15.6. The summed E-state index contributed by atoms with van der Waals surface area (Å²) < 4.78 is 30.9. The number of nitrogens with zero attached hydrogens (tertiary/aromatic N) is 1. The summed E-state index contributed by atoms with van der Waals surface area (Å²) in [5.74, 6) is 2.78. The molecule has 2 heterocycles. The topological polar surface area (TPSA) is 79.6 Å². The number of carbonyl (C=O) groups is 1. The monoisotopic (exact) mass is 366 g/mol. The Hall–Kier alpha value is -1.60. The molecule has 1 saturated carbocycles. The highest BCUT2D eigenvalue weighted by molar-refractivity contribution is 7.88. The van der Waals surface area contributed by atoms with E-state index in [0.29, 0.717) is 24.1 Å². The first-order valence-electron chi connectivity index (χ1n) is 8.86. The predicted molar refractivity (Wildman–Crippen MR) is 96.5 cm³/mol. The number of likely N-dealkylation sites (tertiary alicyclic amines) is 1. The van der Waals surface area contributed by atoms with Gasteiger partial charge in [0.25, 0.3) is 0 Å². The van der Waals surface area contributed by atoms with E-state index >= 15 is 0 Å². The number of hydrogen-bond donors (Lipinski definition) is 1. The molecule has 1 saturated heterocycles. The Labute approximate surface area is 149 Å². The van der Waals surface area contributed by atoms with Gasteiger partial charge in [-0.2, -0.15) is 0 Å². The van der Waals surface area contributed by atoms with Crippen molar-refractivity contribution in [3.63, 3.8) is 0 Å². The van der Waals surface area contributed by atoms with E-state index < -0.39 is 10.0 Å². The van der Waals surface area contributed by atoms with Crippen molar-refractivity contribution in [2.24, 2.45) is 5.92 Å². The Balaban J connectivity index is 1.60. The minimum atomic E-state index is -3.25. The highest BCUT2D eigenvalue weighted by atomic mass is 32.2. The molecule has 1 aliphatic heterocycles. The maximum atomic E-state index is 12.5. The summed E-state index contributed by atoms with van der Waals surface area (Å²) in [7, 11) is -3.25. The molecule has 3 atom stereocenters. The van der Waals surface area contributed by atoms with Crippen molar-refractivity contribution < 1.29 is 17.6 Å². The molecule has 0 aromatic carbocycles. The van der Waals surface area contributed by atoms with Crippen LogP contribution in [0.5, 0.6) is 0 Å². The van der Waals surface area contributed by atoms with Crippen LogP contribution in [0.4, 0.5) is 0 Å². The predicted octanol–water partition coefficient (Wildman–Crippen LogP) is 2.35. The Morgan fingerprint density at radius 1 is 1.40 bits per heavy atom. The third kappa shape index (κ3) is 4.95. The lowest BCUT2D eigenvalue weighted by molar-refractivity contribution is -0.129. The van der Waals surface area contributed by atoms with E-state index in [1.807, 2.05) is 12.1 Å². The van der Waals surface area contributed by atoms with Crippen LogP contribution in [0.1, 0.15) is 50.0 Å². The van der Waals surface area contributed by atoms with Gasteiger partial charge in [0.1, 0.15) is 11.5 Å². The summed E-state index contributed by atoms with van der Waals surface area (Å²) >= 11 is 0. The number of nitrogens with one attached hydrogen (secondary N) is 1. The van der Waals surface area contributed by atoms with E-state index in [1.54, 1.807) is 11.0 Å². The highest BCUT2D eigenvalue weighted by Crippen LogP contribution is 2.47. The number of rotatable bonds is 6. The first kappa shape index (κ1) is 18.2. The lowest BCUT2D eigenvalue weighted by Gasteiger charge is -2.35. The Morgan fingerprint density at radius 3 is 2.84 bits per heavy atom. The lowest BCUT2D eigenvalue weighted by Crippen LogP contribution is -2.48. The molecule has 7 heteroatoms. The molecule has 1 N–H and O–H groups in total. The summed E-state index contributed by atoms with van der Waals surface area (Å²) in [5, 5.41) is 0. The Kier molecular flexibility index (Phi) is 5.34. The molecule has 1 aliphatic carbocycles. The second-order valence-electron chi connectivity index (χ2n) is 7.19. The molecule has 2 aliphatic rings. The van der Waals surface area contributed by atoms with Gasteiger partial charge in [-0.3, -0.25) is 4.79 Å². The number of furan rings is 1. The van der Waals surface area contributed by atoms with Crippen LogP contribution in [-0.2, 0) is 14.8 Å². The summed E-state index contributed by atoms with van der Waals surface area (Å²) in [5.41, 5.74) is 0. The van der Waals surface area contributed by atoms with Crippen LogP contribution in [0.3, 0.4) is 0 Å². The zero-order valence-electron chi connectivity index (χ0n) is 14.8. The van der Waals surface area contributed by atoms with Crippen molar-refractivity contribution in [3.05, 3.63) is 29.7 Å². The highest BCUT2D eigenvalue weighted by Gasteiger charge is 2.36. The fourth-order valence-corrected chi connectivity index (χ4v) is 3.87. The van der Waals surface area contributed by atoms with Crippen LogP contribution in [0.2, 0.25) is 0 Å². The van der Waals surface area contributed by atoms with Crippen LogP contribution in [0.15, 0.2) is 22.6 Å². The van der Waals surface area contributed by atoms with Crippen LogP contribution < -0.4 is 4.72 Å². The molecular formula is C18H26N2O4S. The Morgan fingerprint density at radius 2 is 2.16 bits per heavy atom. The van der Waals surface area contributed by atoms with E-state index in [-0.39, 0.29) is 18.5 Å². The Bertz CT molecular complexity index is 753. The van der Waals surface area contributed by atoms with Crippen LogP contribution in [0.25, 0.3) is 6.08 Å². The molecule has 1 aromatic heterocycles. The second kappa shape index (κ2) is 7.33. The van der Waals surface area contributed by atoms with Gasteiger partial charge in [0.2, 0.25) is 15.9 Å². The lowest BCUT2D eigenvalue weighted by atomic mass is 10.0. The van der Waals surface area contributed by atoms with Crippen molar-refractivity contribution in [3.8, 4) is 0 Å². The third-order valence-corrected chi connectivity index (χ3v) is 5.70. The zero-order chi connectivity index (χ0) is 18.0. The minimum Gasteiger partial charge on any atom is -0.461 e. The molecule has 0 radical (unpaired) electrons. The van der Waals surface area contributed by atoms with E-state index in [4.69, 9.17) is 4.42 Å². The number of amides is 1. The number of sulfonamides is 1. The summed E-state index contributed by atoms with van der Waals surface area (Å²) in [6.45, 7) is 3.12. The van der Waals surface area contributed by atoms with Gasteiger partial charge in [0, 0.05) is 31.1 Å². The molecular weight excluding hydrogens is 340 g/mol. The van der Waals surface area contributed by atoms with E-state index in [9.17, 15) is 13.2 Å². The molecule has 0 spiro atoms. The molecule has 1 aromatic rings. The van der Waals surface area contributed by atoms with Crippen LogP contribution >= 0.6 is 0 Å². The van der Waals surface area contributed by atoms with Gasteiger partial charge in [0.05, 0.1) is 6.26 Å². The van der Waals surface area contributed by atoms with Gasteiger partial charge < -0.3 is 9.32 Å². The SMILES string of the molecule is CC1CC1c1ccc(/C=C/C(=O)N2CCCCC2CNS(C)(=O)=O)o1. The van der Waals surface area contributed by atoms with Gasteiger partial charge in [-0.15, -0.1) is 0 Å². The molecule has 2 fully saturated rings. The van der Waals surface area contributed by atoms with Crippen LogP contribution in [0, 0.1) is 5.92 Å². The molecule has 0 bridgehead atoms. The van der Waals surface area contributed by atoms with E-state index in [0.717, 1.165) is 31.3 Å². The average Bonchev–Trinajstić information content (AvgIpc) is 3.11. The van der Waals surface area contributed by atoms with Gasteiger partial charge in [-0.05, 0) is 49.8 Å². The summed E-state index contributed by atoms with van der Waals surface area (Å²) in [6, 6.07) is 3.78. The number of hydrogen-bond acceptors (Lipinski definition) is 4. The molecule has 138 valence electrons. The van der Waals surface area contributed by atoms with Crippen molar-refractivity contribution in [1.29, 1.82) is 0 Å². The molecule has 6 nitrogen and oxygen atoms in total. The quantitative estimate of drug-likeness (QED) is 0.784. The molecule has 3 unspecified atom stereocenters. The fraction of sp³-hybridized carbons (Fsp3) is 0.611.